The summed E-state index contributed by atoms with van der Waals surface area (Å²) in [4.78, 5) is 12.0. The molecule has 0 saturated carbocycles. The second kappa shape index (κ2) is 5.10. The van der Waals surface area contributed by atoms with E-state index in [2.05, 4.69) is 5.32 Å². The number of carbonyl (C=O) groups is 1. The van der Waals surface area contributed by atoms with E-state index >= 15 is 0 Å². The average molecular weight is 294 g/mol. The van der Waals surface area contributed by atoms with Gasteiger partial charge in [-0.25, -0.2) is 13.6 Å². The maximum atomic E-state index is 12.2. The first-order chi connectivity index (χ1) is 9.30. The summed E-state index contributed by atoms with van der Waals surface area (Å²) in [6, 6.07) is 8.69. The molecule has 0 aliphatic rings. The summed E-state index contributed by atoms with van der Waals surface area (Å²) in [7, 11) is -4.04. The summed E-state index contributed by atoms with van der Waals surface area (Å²) >= 11 is 0. The molecule has 1 aromatic heterocycles. The molecule has 0 aliphatic heterocycles. The van der Waals surface area contributed by atoms with Crippen LogP contribution in [0.25, 0.3) is 0 Å². The van der Waals surface area contributed by atoms with E-state index in [1.807, 2.05) is 0 Å². The number of carbonyl (C=O) groups excluding carboxylic acids is 1. The van der Waals surface area contributed by atoms with Gasteiger partial charge in [0, 0.05) is 5.69 Å². The van der Waals surface area contributed by atoms with Crippen molar-refractivity contribution in [2.75, 3.05) is 5.32 Å². The van der Waals surface area contributed by atoms with Crippen molar-refractivity contribution in [3.05, 3.63) is 47.4 Å². The molecule has 20 heavy (non-hydrogen) atoms. The summed E-state index contributed by atoms with van der Waals surface area (Å²) in [5.74, 6) is -0.266. The number of primary sulfonamides is 1. The number of sulfonamides is 1. The SMILES string of the molecule is Cc1oc(C)c(S(N)(=O)=O)c1C(=O)Nc1ccccc1. The van der Waals surface area contributed by atoms with Crippen molar-refractivity contribution in [3.8, 4) is 0 Å². The lowest BCUT2D eigenvalue weighted by molar-refractivity contribution is 0.102. The third kappa shape index (κ3) is 2.73. The molecule has 3 N–H and O–H groups in total. The lowest BCUT2D eigenvalue weighted by Crippen LogP contribution is -2.20. The fraction of sp³-hybridized carbons (Fsp3) is 0.154. The smallest absolute Gasteiger partial charge is 0.260 e. The Morgan fingerprint density at radius 1 is 1.15 bits per heavy atom. The maximum absolute atomic E-state index is 12.2. The largest absolute Gasteiger partial charge is 0.464 e. The number of para-hydroxylation sites is 1. The van der Waals surface area contributed by atoms with Crippen molar-refractivity contribution in [2.24, 2.45) is 5.14 Å². The molecule has 0 atom stereocenters. The Balaban J connectivity index is 2.46. The molecule has 2 aromatic rings. The number of hydrogen-bond donors (Lipinski definition) is 2. The lowest BCUT2D eigenvalue weighted by atomic mass is 10.2. The summed E-state index contributed by atoms with van der Waals surface area (Å²) in [5, 5.41) is 7.74. The Morgan fingerprint density at radius 3 is 2.30 bits per heavy atom. The second-order valence-corrected chi connectivity index (χ2v) is 5.78. The highest BCUT2D eigenvalue weighted by molar-refractivity contribution is 7.89. The molecule has 1 aromatic carbocycles. The number of aryl methyl sites for hydroxylation is 2. The van der Waals surface area contributed by atoms with Crippen LogP contribution in [0.1, 0.15) is 21.9 Å². The monoisotopic (exact) mass is 294 g/mol. The van der Waals surface area contributed by atoms with Crippen LogP contribution in [-0.2, 0) is 10.0 Å². The molecule has 0 fully saturated rings. The molecule has 0 radical (unpaired) electrons. The van der Waals surface area contributed by atoms with Crippen molar-refractivity contribution < 1.29 is 17.6 Å². The molecule has 7 heteroatoms. The van der Waals surface area contributed by atoms with Crippen molar-refractivity contribution in [2.45, 2.75) is 18.7 Å². The normalized spacial score (nSPS) is 11.3. The molecule has 1 heterocycles. The van der Waals surface area contributed by atoms with Crippen molar-refractivity contribution in [3.63, 3.8) is 0 Å². The molecule has 0 saturated heterocycles. The van der Waals surface area contributed by atoms with E-state index in [1.165, 1.54) is 13.8 Å². The third-order valence-corrected chi connectivity index (χ3v) is 3.81. The third-order valence-electron chi connectivity index (χ3n) is 2.75. The van der Waals surface area contributed by atoms with E-state index in [1.54, 1.807) is 30.3 Å². The number of nitrogens with two attached hydrogens (primary N) is 1. The van der Waals surface area contributed by atoms with Gasteiger partial charge in [-0.3, -0.25) is 4.79 Å². The predicted molar refractivity (Wildman–Crippen MR) is 74.0 cm³/mol. The van der Waals surface area contributed by atoms with Crippen LogP contribution in [-0.4, -0.2) is 14.3 Å². The van der Waals surface area contributed by atoms with Crippen molar-refractivity contribution in [1.82, 2.24) is 0 Å². The molecule has 1 amide bonds. The van der Waals surface area contributed by atoms with E-state index in [9.17, 15) is 13.2 Å². The zero-order valence-corrected chi connectivity index (χ0v) is 11.8. The Morgan fingerprint density at radius 2 is 1.75 bits per heavy atom. The molecule has 0 unspecified atom stereocenters. The van der Waals surface area contributed by atoms with Crippen LogP contribution in [0, 0.1) is 13.8 Å². The molecule has 0 aliphatic carbocycles. The number of benzene rings is 1. The number of amides is 1. The maximum Gasteiger partial charge on any atom is 0.260 e. The molecule has 6 nitrogen and oxygen atoms in total. The Labute approximate surface area is 116 Å². The van der Waals surface area contributed by atoms with Crippen LogP contribution in [0.15, 0.2) is 39.6 Å². The predicted octanol–water partition coefficient (Wildman–Crippen LogP) is 1.80. The minimum atomic E-state index is -4.04. The minimum Gasteiger partial charge on any atom is -0.464 e. The minimum absolute atomic E-state index is 0.0612. The van der Waals surface area contributed by atoms with Gasteiger partial charge < -0.3 is 9.73 Å². The first-order valence-corrected chi connectivity index (χ1v) is 7.34. The van der Waals surface area contributed by atoms with Gasteiger partial charge >= 0.3 is 0 Å². The van der Waals surface area contributed by atoms with Crippen LogP contribution >= 0.6 is 0 Å². The highest BCUT2D eigenvalue weighted by Crippen LogP contribution is 2.26. The summed E-state index contributed by atoms with van der Waals surface area (Å²) in [5.41, 5.74) is 0.491. The van der Waals surface area contributed by atoms with E-state index in [0.29, 0.717) is 5.69 Å². The number of furan rings is 1. The van der Waals surface area contributed by atoms with Gasteiger partial charge in [-0.05, 0) is 26.0 Å². The summed E-state index contributed by atoms with van der Waals surface area (Å²) in [6.07, 6.45) is 0. The summed E-state index contributed by atoms with van der Waals surface area (Å²) in [6.45, 7) is 2.97. The van der Waals surface area contributed by atoms with E-state index in [0.717, 1.165) is 0 Å². The molecule has 0 bridgehead atoms. The molecule has 106 valence electrons. The van der Waals surface area contributed by atoms with Crippen LogP contribution in [0.3, 0.4) is 0 Å². The van der Waals surface area contributed by atoms with E-state index in [-0.39, 0.29) is 22.0 Å². The highest BCUT2D eigenvalue weighted by atomic mass is 32.2. The fourth-order valence-electron chi connectivity index (χ4n) is 1.98. The first kappa shape index (κ1) is 14.3. The standard InChI is InChI=1S/C13H14N2O4S/c1-8-11(12(9(2)19-8)20(14,17)18)13(16)15-10-6-4-3-5-7-10/h3-7H,1-2H3,(H,15,16)(H2,14,17,18). The van der Waals surface area contributed by atoms with Crippen molar-refractivity contribution in [1.29, 1.82) is 0 Å². The van der Waals surface area contributed by atoms with Crippen LogP contribution in [0.2, 0.25) is 0 Å². The van der Waals surface area contributed by atoms with Gasteiger partial charge in [-0.15, -0.1) is 0 Å². The Kier molecular flexibility index (Phi) is 3.65. The quantitative estimate of drug-likeness (QED) is 0.900. The van der Waals surface area contributed by atoms with Gasteiger partial charge in [0.05, 0.1) is 0 Å². The number of hydrogen-bond acceptors (Lipinski definition) is 4. The van der Waals surface area contributed by atoms with Crippen LogP contribution in [0.4, 0.5) is 5.69 Å². The van der Waals surface area contributed by atoms with Crippen molar-refractivity contribution >= 4 is 21.6 Å². The fourth-order valence-corrected chi connectivity index (χ4v) is 2.95. The van der Waals surface area contributed by atoms with Gasteiger partial charge in [0.15, 0.2) is 0 Å². The molecule has 0 spiro atoms. The Hall–Kier alpha value is -2.12. The second-order valence-electron chi connectivity index (χ2n) is 4.28. The highest BCUT2D eigenvalue weighted by Gasteiger charge is 2.28. The Bertz CT molecular complexity index is 748. The number of nitrogens with one attached hydrogen (secondary N) is 1. The van der Waals surface area contributed by atoms with Crippen LogP contribution in [0.5, 0.6) is 0 Å². The molecular formula is C13H14N2O4S. The molecular weight excluding hydrogens is 280 g/mol. The van der Waals surface area contributed by atoms with Gasteiger partial charge in [0.2, 0.25) is 10.0 Å². The van der Waals surface area contributed by atoms with E-state index in [4.69, 9.17) is 9.56 Å². The first-order valence-electron chi connectivity index (χ1n) is 5.80. The summed E-state index contributed by atoms with van der Waals surface area (Å²) < 4.78 is 28.4. The van der Waals surface area contributed by atoms with Gasteiger partial charge in [-0.2, -0.15) is 0 Å². The number of anilines is 1. The van der Waals surface area contributed by atoms with Gasteiger partial charge in [0.1, 0.15) is 22.0 Å². The number of rotatable bonds is 3. The average Bonchev–Trinajstić information content (AvgIpc) is 2.65. The van der Waals surface area contributed by atoms with E-state index < -0.39 is 15.9 Å². The van der Waals surface area contributed by atoms with Crippen LogP contribution < -0.4 is 10.5 Å². The topological polar surface area (TPSA) is 102 Å². The zero-order valence-electron chi connectivity index (χ0n) is 11.0. The van der Waals surface area contributed by atoms with Gasteiger partial charge in [-0.1, -0.05) is 18.2 Å². The van der Waals surface area contributed by atoms with Gasteiger partial charge in [0.25, 0.3) is 5.91 Å². The lowest BCUT2D eigenvalue weighted by Gasteiger charge is -2.05. The molecule has 2 rings (SSSR count). The zero-order chi connectivity index (χ0) is 14.9.